The van der Waals surface area contributed by atoms with Crippen LogP contribution in [0.25, 0.3) is 0 Å². The fourth-order valence-corrected chi connectivity index (χ4v) is 2.62. The summed E-state index contributed by atoms with van der Waals surface area (Å²) < 4.78 is 0. The van der Waals surface area contributed by atoms with Gasteiger partial charge in [-0.15, -0.1) is 0 Å². The Labute approximate surface area is 81.0 Å². The monoisotopic (exact) mass is 174 g/mol. The first-order chi connectivity index (χ1) is 6.05. The van der Waals surface area contributed by atoms with Crippen molar-refractivity contribution in [1.82, 2.24) is 0 Å². The van der Waals surface area contributed by atoms with Gasteiger partial charge in [-0.1, -0.05) is 52.0 Å². The van der Waals surface area contributed by atoms with Crippen LogP contribution in [0.4, 0.5) is 0 Å². The first-order valence-electron chi connectivity index (χ1n) is 5.14. The van der Waals surface area contributed by atoms with Crippen LogP contribution >= 0.6 is 0 Å². The molecule has 0 radical (unpaired) electrons. The maximum atomic E-state index is 2.37. The maximum Gasteiger partial charge on any atom is -0.00694 e. The van der Waals surface area contributed by atoms with E-state index in [0.29, 0.717) is 11.3 Å². The van der Waals surface area contributed by atoms with Crippen molar-refractivity contribution >= 4 is 0 Å². The average molecular weight is 174 g/mol. The van der Waals surface area contributed by atoms with E-state index in [9.17, 15) is 0 Å². The molecule has 0 bridgehead atoms. The highest BCUT2D eigenvalue weighted by Crippen LogP contribution is 2.49. The van der Waals surface area contributed by atoms with Crippen molar-refractivity contribution < 1.29 is 0 Å². The molecular weight excluding hydrogens is 156 g/mol. The number of hydrogen-bond donors (Lipinski definition) is 0. The maximum absolute atomic E-state index is 2.37. The second-order valence-corrected chi connectivity index (χ2v) is 4.89. The molecule has 1 aliphatic rings. The summed E-state index contributed by atoms with van der Waals surface area (Å²) in [5, 5.41) is 0. The molecule has 0 fully saturated rings. The molecule has 0 aromatic heterocycles. The van der Waals surface area contributed by atoms with Crippen molar-refractivity contribution in [3.05, 3.63) is 35.4 Å². The van der Waals surface area contributed by atoms with Crippen LogP contribution in [0.3, 0.4) is 0 Å². The Morgan fingerprint density at radius 1 is 1.08 bits per heavy atom. The van der Waals surface area contributed by atoms with Crippen LogP contribution in [0.15, 0.2) is 24.3 Å². The third-order valence-corrected chi connectivity index (χ3v) is 4.03. The Hall–Kier alpha value is -0.780. The van der Waals surface area contributed by atoms with Gasteiger partial charge in [0.1, 0.15) is 0 Å². The SMILES string of the molecule is CC1c2ccccc2C(C)(C)C1C. The Morgan fingerprint density at radius 3 is 2.31 bits per heavy atom. The summed E-state index contributed by atoms with van der Waals surface area (Å²) in [6.45, 7) is 9.43. The molecule has 0 heterocycles. The predicted octanol–water partition coefficient (Wildman–Crippen LogP) is 3.72. The van der Waals surface area contributed by atoms with Crippen molar-refractivity contribution in [2.24, 2.45) is 5.92 Å². The van der Waals surface area contributed by atoms with Gasteiger partial charge in [-0.2, -0.15) is 0 Å². The standard InChI is InChI=1S/C13H18/c1-9-10(2)13(3,4)12-8-6-5-7-11(9)12/h5-10H,1-4H3. The topological polar surface area (TPSA) is 0 Å². The smallest absolute Gasteiger partial charge is 0.00694 e. The number of rotatable bonds is 0. The van der Waals surface area contributed by atoms with E-state index in [0.717, 1.165) is 5.92 Å². The van der Waals surface area contributed by atoms with Gasteiger partial charge in [0.2, 0.25) is 0 Å². The summed E-state index contributed by atoms with van der Waals surface area (Å²) in [7, 11) is 0. The predicted molar refractivity (Wildman–Crippen MR) is 57.0 cm³/mol. The van der Waals surface area contributed by atoms with E-state index in [4.69, 9.17) is 0 Å². The lowest BCUT2D eigenvalue weighted by Crippen LogP contribution is -2.22. The van der Waals surface area contributed by atoms with Crippen molar-refractivity contribution in [1.29, 1.82) is 0 Å². The summed E-state index contributed by atoms with van der Waals surface area (Å²) in [6.07, 6.45) is 0. The molecule has 0 aliphatic heterocycles. The molecule has 13 heavy (non-hydrogen) atoms. The molecule has 70 valence electrons. The highest BCUT2D eigenvalue weighted by Gasteiger charge is 2.40. The number of benzene rings is 1. The summed E-state index contributed by atoms with van der Waals surface area (Å²) in [6, 6.07) is 8.88. The number of fused-ring (bicyclic) bond motifs is 1. The minimum absolute atomic E-state index is 0.357. The first kappa shape index (κ1) is 8.80. The lowest BCUT2D eigenvalue weighted by atomic mass is 9.78. The molecule has 0 amide bonds. The van der Waals surface area contributed by atoms with Gasteiger partial charge >= 0.3 is 0 Å². The molecule has 1 aromatic carbocycles. The van der Waals surface area contributed by atoms with Gasteiger partial charge in [0.15, 0.2) is 0 Å². The van der Waals surface area contributed by atoms with E-state index in [2.05, 4.69) is 52.0 Å². The summed E-state index contributed by atoms with van der Waals surface area (Å²) >= 11 is 0. The number of hydrogen-bond acceptors (Lipinski definition) is 0. The van der Waals surface area contributed by atoms with Crippen LogP contribution in [0.2, 0.25) is 0 Å². The third kappa shape index (κ3) is 1.04. The third-order valence-electron chi connectivity index (χ3n) is 4.03. The summed E-state index contributed by atoms with van der Waals surface area (Å²) in [5.41, 5.74) is 3.46. The zero-order valence-electron chi connectivity index (χ0n) is 8.96. The Morgan fingerprint density at radius 2 is 1.69 bits per heavy atom. The lowest BCUT2D eigenvalue weighted by molar-refractivity contribution is 0.342. The van der Waals surface area contributed by atoms with Crippen LogP contribution < -0.4 is 0 Å². The first-order valence-corrected chi connectivity index (χ1v) is 5.14. The Kier molecular flexibility index (Phi) is 1.76. The fraction of sp³-hybridized carbons (Fsp3) is 0.538. The molecule has 0 saturated heterocycles. The van der Waals surface area contributed by atoms with Crippen molar-refractivity contribution in [3.8, 4) is 0 Å². The van der Waals surface area contributed by atoms with Crippen molar-refractivity contribution in [2.45, 2.75) is 39.0 Å². The average Bonchev–Trinajstić information content (AvgIpc) is 2.30. The normalized spacial score (nSPS) is 30.2. The molecule has 0 N–H and O–H groups in total. The van der Waals surface area contributed by atoms with E-state index < -0.39 is 0 Å². The molecule has 0 heteroatoms. The highest BCUT2D eigenvalue weighted by molar-refractivity contribution is 5.42. The minimum atomic E-state index is 0.357. The summed E-state index contributed by atoms with van der Waals surface area (Å²) in [4.78, 5) is 0. The van der Waals surface area contributed by atoms with Gasteiger partial charge < -0.3 is 0 Å². The van der Waals surface area contributed by atoms with Gasteiger partial charge in [-0.05, 0) is 28.4 Å². The van der Waals surface area contributed by atoms with Gasteiger partial charge in [-0.25, -0.2) is 0 Å². The van der Waals surface area contributed by atoms with E-state index >= 15 is 0 Å². The molecular formula is C13H18. The van der Waals surface area contributed by atoms with Crippen LogP contribution in [-0.2, 0) is 5.41 Å². The van der Waals surface area contributed by atoms with Gasteiger partial charge in [-0.3, -0.25) is 0 Å². The van der Waals surface area contributed by atoms with Gasteiger partial charge in [0.05, 0.1) is 0 Å². The van der Waals surface area contributed by atoms with E-state index in [1.165, 1.54) is 0 Å². The summed E-state index contributed by atoms with van der Waals surface area (Å²) in [5.74, 6) is 1.47. The van der Waals surface area contributed by atoms with Crippen LogP contribution in [0.1, 0.15) is 44.7 Å². The molecule has 0 saturated carbocycles. The Bertz CT molecular complexity index is 323. The zero-order chi connectivity index (χ0) is 9.64. The van der Waals surface area contributed by atoms with E-state index in [1.54, 1.807) is 11.1 Å². The van der Waals surface area contributed by atoms with Gasteiger partial charge in [0.25, 0.3) is 0 Å². The van der Waals surface area contributed by atoms with Crippen LogP contribution in [-0.4, -0.2) is 0 Å². The molecule has 2 unspecified atom stereocenters. The molecule has 2 atom stereocenters. The zero-order valence-corrected chi connectivity index (χ0v) is 8.96. The highest BCUT2D eigenvalue weighted by atomic mass is 14.4. The minimum Gasteiger partial charge on any atom is -0.0620 e. The van der Waals surface area contributed by atoms with E-state index in [-0.39, 0.29) is 0 Å². The van der Waals surface area contributed by atoms with Crippen LogP contribution in [0, 0.1) is 5.92 Å². The quantitative estimate of drug-likeness (QED) is 0.562. The lowest BCUT2D eigenvalue weighted by Gasteiger charge is -2.26. The van der Waals surface area contributed by atoms with Crippen LogP contribution in [0.5, 0.6) is 0 Å². The Balaban J connectivity index is 2.61. The van der Waals surface area contributed by atoms with Gasteiger partial charge in [0, 0.05) is 0 Å². The molecule has 1 aromatic rings. The second-order valence-electron chi connectivity index (χ2n) is 4.89. The molecule has 1 aliphatic carbocycles. The van der Waals surface area contributed by atoms with E-state index in [1.807, 2.05) is 0 Å². The molecule has 0 nitrogen and oxygen atoms in total. The fourth-order valence-electron chi connectivity index (χ4n) is 2.62. The molecule has 0 spiro atoms. The second kappa shape index (κ2) is 2.60. The van der Waals surface area contributed by atoms with Crippen molar-refractivity contribution in [3.63, 3.8) is 0 Å². The largest absolute Gasteiger partial charge is 0.0620 e. The van der Waals surface area contributed by atoms with Crippen molar-refractivity contribution in [2.75, 3.05) is 0 Å². The molecule has 2 rings (SSSR count).